The summed E-state index contributed by atoms with van der Waals surface area (Å²) in [6.07, 6.45) is 1.48. The molecule has 1 aliphatic heterocycles. The van der Waals surface area contributed by atoms with Crippen LogP contribution in [0.3, 0.4) is 0 Å². The maximum atomic E-state index is 11.7. The number of nitrogens with zero attached hydrogens (tertiary/aromatic N) is 2. The molecule has 0 spiro atoms. The molecule has 96 valence electrons. The Morgan fingerprint density at radius 2 is 2.44 bits per heavy atom. The van der Waals surface area contributed by atoms with Gasteiger partial charge in [-0.2, -0.15) is 4.99 Å². The third-order valence-corrected chi connectivity index (χ3v) is 2.56. The molecule has 18 heavy (non-hydrogen) atoms. The number of guanidine groups is 1. The molecule has 3 amide bonds. The van der Waals surface area contributed by atoms with Crippen LogP contribution in [-0.4, -0.2) is 35.9 Å². The number of anilines is 1. The van der Waals surface area contributed by atoms with Crippen molar-refractivity contribution < 1.29 is 14.0 Å². The average molecular weight is 250 g/mol. The first-order valence-corrected chi connectivity index (χ1v) is 5.58. The molecule has 0 radical (unpaired) electrons. The lowest BCUT2D eigenvalue weighted by molar-refractivity contribution is -0.118. The Morgan fingerprint density at radius 1 is 1.67 bits per heavy atom. The second-order valence-corrected chi connectivity index (χ2v) is 3.86. The van der Waals surface area contributed by atoms with E-state index in [4.69, 9.17) is 4.42 Å². The van der Waals surface area contributed by atoms with Gasteiger partial charge >= 0.3 is 6.03 Å². The molecule has 0 bridgehead atoms. The van der Waals surface area contributed by atoms with Crippen LogP contribution in [0.25, 0.3) is 0 Å². The summed E-state index contributed by atoms with van der Waals surface area (Å²) in [5.41, 5.74) is 0.811. The number of aliphatic imine (C=N–C) groups is 1. The molecule has 0 atom stereocenters. The van der Waals surface area contributed by atoms with E-state index in [1.54, 1.807) is 11.0 Å². The second-order valence-electron chi connectivity index (χ2n) is 3.86. The number of carbonyl (C=O) groups is 2. The maximum absolute atomic E-state index is 11.7. The smallest absolute Gasteiger partial charge is 0.350 e. The highest BCUT2D eigenvalue weighted by Gasteiger charge is 2.24. The van der Waals surface area contributed by atoms with Crippen LogP contribution in [0, 0.1) is 6.92 Å². The number of nitrogens with one attached hydrogen (secondary N) is 2. The Labute approximate surface area is 104 Å². The maximum Gasteiger partial charge on any atom is 0.350 e. The monoisotopic (exact) mass is 250 g/mol. The highest BCUT2D eigenvalue weighted by Crippen LogP contribution is 2.15. The Morgan fingerprint density at radius 3 is 3.06 bits per heavy atom. The lowest BCUT2D eigenvalue weighted by atomic mass is 10.4. The van der Waals surface area contributed by atoms with Gasteiger partial charge in [0.05, 0.1) is 6.26 Å². The predicted molar refractivity (Wildman–Crippen MR) is 65.3 cm³/mol. The zero-order chi connectivity index (χ0) is 13.1. The van der Waals surface area contributed by atoms with Crippen molar-refractivity contribution in [1.29, 1.82) is 0 Å². The first-order chi connectivity index (χ1) is 8.60. The summed E-state index contributed by atoms with van der Waals surface area (Å²) in [5.74, 6) is 0.457. The first-order valence-electron chi connectivity index (χ1n) is 5.58. The summed E-state index contributed by atoms with van der Waals surface area (Å²) in [6.45, 7) is 4.51. The number of urea groups is 1. The van der Waals surface area contributed by atoms with Gasteiger partial charge in [-0.15, -0.1) is 0 Å². The van der Waals surface area contributed by atoms with Gasteiger partial charge in [-0.1, -0.05) is 0 Å². The van der Waals surface area contributed by atoms with Crippen molar-refractivity contribution in [3.63, 3.8) is 0 Å². The minimum absolute atomic E-state index is 0.169. The Hall–Kier alpha value is -2.31. The number of likely N-dealkylation sites (N-methyl/N-ethyl adjacent to an activating group) is 1. The first kappa shape index (κ1) is 12.2. The van der Waals surface area contributed by atoms with E-state index in [1.807, 2.05) is 13.8 Å². The molecule has 0 aromatic carbocycles. The van der Waals surface area contributed by atoms with Crippen molar-refractivity contribution in [3.8, 4) is 0 Å². The van der Waals surface area contributed by atoms with Crippen LogP contribution in [0.15, 0.2) is 21.7 Å². The normalized spacial score (nSPS) is 17.1. The number of hydrogen-bond acceptors (Lipinski definition) is 3. The van der Waals surface area contributed by atoms with Crippen molar-refractivity contribution in [2.45, 2.75) is 13.8 Å². The molecule has 1 aromatic heterocycles. The molecule has 1 fully saturated rings. The molecule has 0 saturated carbocycles. The minimum atomic E-state index is -0.580. The molecule has 7 heteroatoms. The highest BCUT2D eigenvalue weighted by molar-refractivity contribution is 6.09. The van der Waals surface area contributed by atoms with Crippen molar-refractivity contribution in [2.24, 2.45) is 4.99 Å². The van der Waals surface area contributed by atoms with E-state index in [0.717, 1.165) is 5.56 Å². The fourth-order valence-corrected chi connectivity index (χ4v) is 1.57. The van der Waals surface area contributed by atoms with Gasteiger partial charge in [-0.05, 0) is 19.9 Å². The van der Waals surface area contributed by atoms with Crippen molar-refractivity contribution >= 4 is 23.8 Å². The number of hydrogen-bond donors (Lipinski definition) is 2. The van der Waals surface area contributed by atoms with Gasteiger partial charge in [0, 0.05) is 12.1 Å². The summed E-state index contributed by atoms with van der Waals surface area (Å²) in [6, 6.07) is 1.15. The van der Waals surface area contributed by atoms with Crippen molar-refractivity contribution in [2.75, 3.05) is 18.4 Å². The van der Waals surface area contributed by atoms with Gasteiger partial charge in [-0.3, -0.25) is 15.4 Å². The van der Waals surface area contributed by atoms with E-state index >= 15 is 0 Å². The molecule has 1 aromatic rings. The van der Waals surface area contributed by atoms with Gasteiger partial charge < -0.3 is 9.32 Å². The summed E-state index contributed by atoms with van der Waals surface area (Å²) in [5, 5.41) is 5.03. The Balaban J connectivity index is 2.06. The van der Waals surface area contributed by atoms with E-state index < -0.39 is 6.03 Å². The number of aryl methyl sites for hydroxylation is 1. The van der Waals surface area contributed by atoms with E-state index in [2.05, 4.69) is 15.6 Å². The highest BCUT2D eigenvalue weighted by atomic mass is 16.3. The molecular formula is C11H14N4O3. The third-order valence-electron chi connectivity index (χ3n) is 2.56. The zero-order valence-electron chi connectivity index (χ0n) is 10.2. The fraction of sp³-hybridized carbons (Fsp3) is 0.364. The summed E-state index contributed by atoms with van der Waals surface area (Å²) < 4.78 is 5.07. The molecule has 2 N–H and O–H groups in total. The van der Waals surface area contributed by atoms with Crippen LogP contribution in [-0.2, 0) is 4.79 Å². The molecule has 0 aliphatic carbocycles. The van der Waals surface area contributed by atoms with E-state index in [1.165, 1.54) is 6.26 Å². The molecular weight excluding hydrogens is 236 g/mol. The van der Waals surface area contributed by atoms with Crippen LogP contribution in [0.1, 0.15) is 12.5 Å². The second kappa shape index (κ2) is 4.91. The lowest BCUT2D eigenvalue weighted by Gasteiger charge is -2.12. The van der Waals surface area contributed by atoms with Gasteiger partial charge in [0.25, 0.3) is 0 Å². The van der Waals surface area contributed by atoms with Gasteiger partial charge in [0.2, 0.25) is 17.8 Å². The molecule has 2 heterocycles. The Bertz CT molecular complexity index is 506. The molecule has 7 nitrogen and oxygen atoms in total. The van der Waals surface area contributed by atoms with E-state index in [0.29, 0.717) is 12.4 Å². The number of furan rings is 1. The van der Waals surface area contributed by atoms with Crippen LogP contribution in [0.2, 0.25) is 0 Å². The summed E-state index contributed by atoms with van der Waals surface area (Å²) >= 11 is 0. The van der Waals surface area contributed by atoms with Gasteiger partial charge in [0.15, 0.2) is 0 Å². The average Bonchev–Trinajstić information content (AvgIpc) is 2.86. The number of rotatable bonds is 2. The largest absolute Gasteiger partial charge is 0.448 e. The van der Waals surface area contributed by atoms with Gasteiger partial charge in [0.1, 0.15) is 6.54 Å². The zero-order valence-corrected chi connectivity index (χ0v) is 10.2. The number of carbonyl (C=O) groups excluding carboxylic acids is 2. The number of amides is 3. The third kappa shape index (κ3) is 2.50. The van der Waals surface area contributed by atoms with Crippen molar-refractivity contribution in [3.05, 3.63) is 17.9 Å². The van der Waals surface area contributed by atoms with E-state index in [9.17, 15) is 9.59 Å². The van der Waals surface area contributed by atoms with Crippen LogP contribution in [0.5, 0.6) is 0 Å². The van der Waals surface area contributed by atoms with Gasteiger partial charge in [-0.25, -0.2) is 4.79 Å². The lowest BCUT2D eigenvalue weighted by Crippen LogP contribution is -2.31. The molecule has 1 saturated heterocycles. The van der Waals surface area contributed by atoms with Crippen LogP contribution in [0.4, 0.5) is 10.7 Å². The minimum Gasteiger partial charge on any atom is -0.448 e. The molecule has 1 aliphatic rings. The molecule has 0 unspecified atom stereocenters. The summed E-state index contributed by atoms with van der Waals surface area (Å²) in [7, 11) is 0. The van der Waals surface area contributed by atoms with Crippen LogP contribution < -0.4 is 10.6 Å². The quantitative estimate of drug-likeness (QED) is 0.817. The van der Waals surface area contributed by atoms with Crippen molar-refractivity contribution in [1.82, 2.24) is 10.2 Å². The standard InChI is InChI=1S/C11H14N4O3/c1-3-15-6-8(16)12-10(15)14-11(17)13-9-7(2)4-5-18-9/h4-5H,3,6H2,1-2H3,(H2,12,13,14,16,17). The van der Waals surface area contributed by atoms with Crippen LogP contribution >= 0.6 is 0 Å². The molecule has 2 rings (SSSR count). The predicted octanol–water partition coefficient (Wildman–Crippen LogP) is 0.928. The SMILES string of the molecule is CCN1CC(=O)NC1=NC(=O)Nc1occc1C. The van der Waals surface area contributed by atoms with E-state index in [-0.39, 0.29) is 18.4 Å². The summed E-state index contributed by atoms with van der Waals surface area (Å²) in [4.78, 5) is 28.3. The Kier molecular flexibility index (Phi) is 3.31. The fourth-order valence-electron chi connectivity index (χ4n) is 1.57. The topological polar surface area (TPSA) is 86.9 Å².